The summed E-state index contributed by atoms with van der Waals surface area (Å²) in [4.78, 5) is 47.8. The predicted octanol–water partition coefficient (Wildman–Crippen LogP) is 6.67. The molecule has 0 fully saturated rings. The van der Waals surface area contributed by atoms with E-state index in [-0.39, 0.29) is 49.1 Å². The Hall–Kier alpha value is -5.18. The SMILES string of the molecule is C=C(C)C(=O)OCCOC(=O)c1ccc(-c2ccc(-c3ccc(OC(=O)CC)cc3)c(CC)c2)c(OCCOC(=O)C(=C)C)c1. The first-order valence-electron chi connectivity index (χ1n) is 14.6. The summed E-state index contributed by atoms with van der Waals surface area (Å²) in [6.07, 6.45) is 1.03. The highest BCUT2D eigenvalue weighted by molar-refractivity contribution is 5.92. The first kappa shape index (κ1) is 34.3. The van der Waals surface area contributed by atoms with Gasteiger partial charge in [-0.3, -0.25) is 4.79 Å². The molecule has 0 amide bonds. The van der Waals surface area contributed by atoms with Gasteiger partial charge in [0.15, 0.2) is 0 Å². The maximum Gasteiger partial charge on any atom is 0.338 e. The van der Waals surface area contributed by atoms with E-state index >= 15 is 0 Å². The molecule has 45 heavy (non-hydrogen) atoms. The molecule has 9 nitrogen and oxygen atoms in total. The zero-order valence-corrected chi connectivity index (χ0v) is 26.1. The van der Waals surface area contributed by atoms with E-state index in [9.17, 15) is 19.2 Å². The van der Waals surface area contributed by atoms with Crippen LogP contribution < -0.4 is 9.47 Å². The molecule has 0 N–H and O–H groups in total. The summed E-state index contributed by atoms with van der Waals surface area (Å²) in [5, 5.41) is 0. The van der Waals surface area contributed by atoms with Gasteiger partial charge in [0.1, 0.15) is 37.9 Å². The van der Waals surface area contributed by atoms with Gasteiger partial charge in [-0.15, -0.1) is 0 Å². The molecule has 0 radical (unpaired) electrons. The molecule has 0 heterocycles. The normalized spacial score (nSPS) is 10.4. The van der Waals surface area contributed by atoms with Crippen molar-refractivity contribution in [3.05, 3.63) is 96.1 Å². The molecule has 0 aliphatic carbocycles. The van der Waals surface area contributed by atoms with Crippen molar-refractivity contribution in [1.82, 2.24) is 0 Å². The monoisotopic (exact) mass is 614 g/mol. The number of hydrogen-bond acceptors (Lipinski definition) is 9. The zero-order chi connectivity index (χ0) is 32.9. The van der Waals surface area contributed by atoms with Gasteiger partial charge >= 0.3 is 23.9 Å². The molecule has 3 aromatic rings. The number of benzene rings is 3. The number of rotatable bonds is 15. The molecular formula is C36H38O9. The Bertz CT molecular complexity index is 1570. The molecule has 0 aliphatic heterocycles. The molecule has 0 unspecified atom stereocenters. The number of carbonyl (C=O) groups is 4. The Balaban J connectivity index is 1.86. The lowest BCUT2D eigenvalue weighted by Gasteiger charge is -2.16. The second-order valence-electron chi connectivity index (χ2n) is 10.1. The van der Waals surface area contributed by atoms with E-state index in [0.717, 1.165) is 34.2 Å². The summed E-state index contributed by atoms with van der Waals surface area (Å²) < 4.78 is 26.7. The van der Waals surface area contributed by atoms with Crippen molar-refractivity contribution in [2.45, 2.75) is 40.5 Å². The fraction of sp³-hybridized carbons (Fsp3) is 0.278. The second-order valence-corrected chi connectivity index (χ2v) is 10.1. The molecule has 9 heteroatoms. The van der Waals surface area contributed by atoms with E-state index < -0.39 is 17.9 Å². The fourth-order valence-corrected chi connectivity index (χ4v) is 4.13. The fourth-order valence-electron chi connectivity index (χ4n) is 4.13. The van der Waals surface area contributed by atoms with Crippen molar-refractivity contribution in [3.8, 4) is 33.8 Å². The van der Waals surface area contributed by atoms with Crippen LogP contribution in [0, 0.1) is 0 Å². The van der Waals surface area contributed by atoms with Gasteiger partial charge < -0.3 is 23.7 Å². The maximum absolute atomic E-state index is 12.8. The molecule has 3 aromatic carbocycles. The minimum absolute atomic E-state index is 0.0173. The van der Waals surface area contributed by atoms with Crippen LogP contribution in [0.2, 0.25) is 0 Å². The second kappa shape index (κ2) is 16.6. The molecule has 3 rings (SSSR count). The van der Waals surface area contributed by atoms with Crippen LogP contribution in [0.5, 0.6) is 11.5 Å². The third-order valence-corrected chi connectivity index (χ3v) is 6.52. The van der Waals surface area contributed by atoms with Gasteiger partial charge in [0.25, 0.3) is 0 Å². The van der Waals surface area contributed by atoms with Gasteiger partial charge in [-0.05, 0) is 72.9 Å². The first-order chi connectivity index (χ1) is 21.5. The molecule has 0 atom stereocenters. The van der Waals surface area contributed by atoms with E-state index in [2.05, 4.69) is 26.1 Å². The van der Waals surface area contributed by atoms with Gasteiger partial charge in [-0.2, -0.15) is 0 Å². The molecule has 0 spiro atoms. The van der Waals surface area contributed by atoms with Crippen molar-refractivity contribution in [1.29, 1.82) is 0 Å². The zero-order valence-electron chi connectivity index (χ0n) is 26.1. The summed E-state index contributed by atoms with van der Waals surface area (Å²) >= 11 is 0. The van der Waals surface area contributed by atoms with Crippen LogP contribution in [0.15, 0.2) is 85.0 Å². The summed E-state index contributed by atoms with van der Waals surface area (Å²) in [5.74, 6) is -1.13. The number of aryl methyl sites for hydroxylation is 1. The van der Waals surface area contributed by atoms with E-state index in [1.807, 2.05) is 24.3 Å². The van der Waals surface area contributed by atoms with Crippen LogP contribution in [0.25, 0.3) is 22.3 Å². The van der Waals surface area contributed by atoms with Crippen LogP contribution in [-0.4, -0.2) is 50.3 Å². The smallest absolute Gasteiger partial charge is 0.338 e. The highest BCUT2D eigenvalue weighted by Crippen LogP contribution is 2.35. The summed E-state index contributed by atoms with van der Waals surface area (Å²) in [5.41, 5.74) is 5.39. The Kier molecular flexibility index (Phi) is 12.7. The van der Waals surface area contributed by atoms with Gasteiger partial charge in [-0.1, -0.05) is 57.3 Å². The maximum atomic E-state index is 12.8. The highest BCUT2D eigenvalue weighted by Gasteiger charge is 2.16. The molecule has 0 saturated heterocycles. The Morgan fingerprint density at radius 2 is 1.24 bits per heavy atom. The topological polar surface area (TPSA) is 114 Å². The number of ether oxygens (including phenoxy) is 5. The number of hydrogen-bond donors (Lipinski definition) is 0. The highest BCUT2D eigenvalue weighted by atomic mass is 16.6. The lowest BCUT2D eigenvalue weighted by Crippen LogP contribution is -2.15. The van der Waals surface area contributed by atoms with E-state index in [1.54, 1.807) is 44.2 Å². The third kappa shape index (κ3) is 9.92. The number of esters is 4. The standard InChI is InChI=1S/C36H38O9/c1-7-25-21-27(11-15-30(25)26-9-13-29(14-10-26)45-33(37)8-2)31-16-12-28(36(40)44-20-19-43-35(39)24(5)6)22-32(31)41-17-18-42-34(38)23(3)4/h9-16,21-22H,3,5,7-8,17-20H2,1-2,4,6H3. The van der Waals surface area contributed by atoms with Crippen molar-refractivity contribution in [3.63, 3.8) is 0 Å². The average Bonchev–Trinajstić information content (AvgIpc) is 3.04. The van der Waals surface area contributed by atoms with Crippen molar-refractivity contribution < 1.29 is 42.9 Å². The van der Waals surface area contributed by atoms with Crippen molar-refractivity contribution in [2.75, 3.05) is 26.4 Å². The largest absolute Gasteiger partial charge is 0.489 e. The lowest BCUT2D eigenvalue weighted by molar-refractivity contribution is -0.140. The van der Waals surface area contributed by atoms with E-state index in [0.29, 0.717) is 17.9 Å². The van der Waals surface area contributed by atoms with E-state index in [1.165, 1.54) is 6.92 Å². The van der Waals surface area contributed by atoms with Gasteiger partial charge in [-0.25, -0.2) is 14.4 Å². The minimum atomic E-state index is -0.621. The average molecular weight is 615 g/mol. The Labute approximate surface area is 263 Å². The Morgan fingerprint density at radius 1 is 0.667 bits per heavy atom. The van der Waals surface area contributed by atoms with Gasteiger partial charge in [0.05, 0.1) is 5.56 Å². The van der Waals surface area contributed by atoms with Crippen LogP contribution in [0.3, 0.4) is 0 Å². The molecule has 236 valence electrons. The van der Waals surface area contributed by atoms with Crippen molar-refractivity contribution >= 4 is 23.9 Å². The van der Waals surface area contributed by atoms with Gasteiger partial charge in [0.2, 0.25) is 0 Å². The predicted molar refractivity (Wildman–Crippen MR) is 170 cm³/mol. The van der Waals surface area contributed by atoms with Gasteiger partial charge in [0, 0.05) is 23.1 Å². The Morgan fingerprint density at radius 3 is 1.84 bits per heavy atom. The van der Waals surface area contributed by atoms with Crippen LogP contribution >= 0.6 is 0 Å². The molecular weight excluding hydrogens is 576 g/mol. The molecule has 0 saturated carbocycles. The quantitative estimate of drug-likeness (QED) is 0.0608. The van der Waals surface area contributed by atoms with Crippen molar-refractivity contribution in [2.24, 2.45) is 0 Å². The first-order valence-corrected chi connectivity index (χ1v) is 14.6. The third-order valence-electron chi connectivity index (χ3n) is 6.52. The van der Waals surface area contributed by atoms with Crippen LogP contribution in [0.4, 0.5) is 0 Å². The molecule has 0 aromatic heterocycles. The van der Waals surface area contributed by atoms with Crippen LogP contribution in [0.1, 0.15) is 50.0 Å². The molecule has 0 aliphatic rings. The summed E-state index contributed by atoms with van der Waals surface area (Å²) in [6, 6.07) is 18.3. The van der Waals surface area contributed by atoms with Crippen LogP contribution in [-0.2, 0) is 35.0 Å². The number of carbonyl (C=O) groups excluding carboxylic acids is 4. The summed E-state index contributed by atoms with van der Waals surface area (Å²) in [6.45, 7) is 13.7. The summed E-state index contributed by atoms with van der Waals surface area (Å²) in [7, 11) is 0. The lowest BCUT2D eigenvalue weighted by atomic mass is 9.93. The molecule has 0 bridgehead atoms. The van der Waals surface area contributed by atoms with E-state index in [4.69, 9.17) is 23.7 Å². The minimum Gasteiger partial charge on any atom is -0.489 e.